The number of carbonyl (C=O) groups excluding carboxylic acids is 2. The van der Waals surface area contributed by atoms with Gasteiger partial charge in [0, 0.05) is 28.8 Å². The zero-order valence-electron chi connectivity index (χ0n) is 18.9. The molecule has 1 N–H and O–H groups in total. The molecular weight excluding hydrogens is 454 g/mol. The SMILES string of the molecule is CC1=C(C(=O)OCC=Cc2ccncc2)C(c2cccc(Cl)c2)C(C(=O)OCCC#N)=C(C)N1. The number of nitriles is 1. The van der Waals surface area contributed by atoms with Crippen molar-refractivity contribution in [1.29, 1.82) is 5.26 Å². The van der Waals surface area contributed by atoms with E-state index >= 15 is 0 Å². The lowest BCUT2D eigenvalue weighted by atomic mass is 9.80. The number of aromatic nitrogens is 1. The van der Waals surface area contributed by atoms with E-state index in [1.807, 2.05) is 24.3 Å². The molecular formula is C26H24ClN3O4. The molecule has 0 amide bonds. The van der Waals surface area contributed by atoms with E-state index in [-0.39, 0.29) is 30.8 Å². The number of esters is 2. The molecule has 0 saturated carbocycles. The summed E-state index contributed by atoms with van der Waals surface area (Å²) in [5.41, 5.74) is 3.26. The highest BCUT2D eigenvalue weighted by Gasteiger charge is 2.38. The Morgan fingerprint density at radius 3 is 2.44 bits per heavy atom. The summed E-state index contributed by atoms with van der Waals surface area (Å²) in [6.07, 6.45) is 6.97. The fraction of sp³-hybridized carbons (Fsp3) is 0.231. The van der Waals surface area contributed by atoms with Gasteiger partial charge in [-0.15, -0.1) is 0 Å². The summed E-state index contributed by atoms with van der Waals surface area (Å²) in [6.45, 7) is 3.49. The van der Waals surface area contributed by atoms with E-state index in [1.54, 1.807) is 56.6 Å². The van der Waals surface area contributed by atoms with E-state index < -0.39 is 17.9 Å². The van der Waals surface area contributed by atoms with Crippen molar-refractivity contribution >= 4 is 29.6 Å². The lowest BCUT2D eigenvalue weighted by molar-refractivity contribution is -0.139. The van der Waals surface area contributed by atoms with Gasteiger partial charge in [0.1, 0.15) is 13.2 Å². The quantitative estimate of drug-likeness (QED) is 0.435. The molecule has 3 rings (SSSR count). The highest BCUT2D eigenvalue weighted by Crippen LogP contribution is 2.39. The first-order chi connectivity index (χ1) is 16.4. The summed E-state index contributed by atoms with van der Waals surface area (Å²) in [4.78, 5) is 30.2. The van der Waals surface area contributed by atoms with Gasteiger partial charge in [0.2, 0.25) is 0 Å². The van der Waals surface area contributed by atoms with Crippen molar-refractivity contribution in [3.05, 3.63) is 93.6 Å². The van der Waals surface area contributed by atoms with Crippen molar-refractivity contribution in [1.82, 2.24) is 10.3 Å². The van der Waals surface area contributed by atoms with Crippen LogP contribution in [0.2, 0.25) is 5.02 Å². The summed E-state index contributed by atoms with van der Waals surface area (Å²) < 4.78 is 10.8. The summed E-state index contributed by atoms with van der Waals surface area (Å²) >= 11 is 6.22. The number of ether oxygens (including phenoxy) is 2. The van der Waals surface area contributed by atoms with Crippen LogP contribution >= 0.6 is 11.6 Å². The van der Waals surface area contributed by atoms with Gasteiger partial charge in [0.15, 0.2) is 0 Å². The lowest BCUT2D eigenvalue weighted by Crippen LogP contribution is -2.32. The lowest BCUT2D eigenvalue weighted by Gasteiger charge is -2.30. The molecule has 1 aromatic heterocycles. The van der Waals surface area contributed by atoms with Crippen LogP contribution in [0.4, 0.5) is 0 Å². The fourth-order valence-electron chi connectivity index (χ4n) is 3.68. The number of allylic oxidation sites excluding steroid dienone is 2. The van der Waals surface area contributed by atoms with Gasteiger partial charge in [-0.25, -0.2) is 9.59 Å². The number of pyridine rings is 1. The van der Waals surface area contributed by atoms with Gasteiger partial charge in [-0.2, -0.15) is 5.26 Å². The Morgan fingerprint density at radius 1 is 1.12 bits per heavy atom. The number of hydrogen-bond acceptors (Lipinski definition) is 7. The molecule has 1 atom stereocenters. The highest BCUT2D eigenvalue weighted by molar-refractivity contribution is 6.30. The average Bonchev–Trinajstić information content (AvgIpc) is 2.82. The second kappa shape index (κ2) is 11.8. The molecule has 0 fully saturated rings. The van der Waals surface area contributed by atoms with E-state index in [2.05, 4.69) is 10.3 Å². The standard InChI is InChI=1S/C26H24ClN3O4/c1-17-22(25(31)33-14-4-6-19-9-12-29-13-10-19)24(20-7-3-8-21(27)16-20)23(18(2)30-17)26(32)34-15-5-11-28/h3-4,6-10,12-13,16,24,30H,5,14-15H2,1-2H3. The van der Waals surface area contributed by atoms with Crippen molar-refractivity contribution in [3.8, 4) is 6.07 Å². The van der Waals surface area contributed by atoms with Crippen molar-refractivity contribution in [2.24, 2.45) is 0 Å². The number of halogens is 1. The Labute approximate surface area is 203 Å². The van der Waals surface area contributed by atoms with Gasteiger partial charge in [-0.3, -0.25) is 4.98 Å². The van der Waals surface area contributed by atoms with Crippen LogP contribution in [-0.4, -0.2) is 30.1 Å². The predicted octanol–water partition coefficient (Wildman–Crippen LogP) is 4.68. The second-order valence-electron chi connectivity index (χ2n) is 7.52. The van der Waals surface area contributed by atoms with Gasteiger partial charge in [0.25, 0.3) is 0 Å². The topological polar surface area (TPSA) is 101 Å². The molecule has 1 aliphatic heterocycles. The van der Waals surface area contributed by atoms with E-state index in [1.165, 1.54) is 0 Å². The van der Waals surface area contributed by atoms with Crippen molar-refractivity contribution in [2.45, 2.75) is 26.2 Å². The highest BCUT2D eigenvalue weighted by atomic mass is 35.5. The first-order valence-electron chi connectivity index (χ1n) is 10.6. The maximum Gasteiger partial charge on any atom is 0.337 e. The molecule has 8 heteroatoms. The molecule has 174 valence electrons. The van der Waals surface area contributed by atoms with Gasteiger partial charge in [-0.05, 0) is 55.3 Å². The molecule has 0 bridgehead atoms. The molecule has 34 heavy (non-hydrogen) atoms. The van der Waals surface area contributed by atoms with Crippen LogP contribution < -0.4 is 5.32 Å². The van der Waals surface area contributed by atoms with Crippen LogP contribution in [0.25, 0.3) is 6.08 Å². The largest absolute Gasteiger partial charge is 0.461 e. The molecule has 1 unspecified atom stereocenters. The first-order valence-corrected chi connectivity index (χ1v) is 11.0. The average molecular weight is 478 g/mol. The molecule has 0 saturated heterocycles. The summed E-state index contributed by atoms with van der Waals surface area (Å²) in [7, 11) is 0. The zero-order valence-corrected chi connectivity index (χ0v) is 19.6. The van der Waals surface area contributed by atoms with Crippen LogP contribution in [-0.2, 0) is 19.1 Å². The smallest absolute Gasteiger partial charge is 0.337 e. The van der Waals surface area contributed by atoms with Crippen LogP contribution in [0, 0.1) is 11.3 Å². The predicted molar refractivity (Wildman–Crippen MR) is 128 cm³/mol. The Balaban J connectivity index is 1.89. The summed E-state index contributed by atoms with van der Waals surface area (Å²) in [5, 5.41) is 12.3. The molecule has 0 spiro atoms. The van der Waals surface area contributed by atoms with Gasteiger partial charge in [0.05, 0.1) is 29.6 Å². The Morgan fingerprint density at radius 2 is 1.79 bits per heavy atom. The third-order valence-corrected chi connectivity index (χ3v) is 5.39. The van der Waals surface area contributed by atoms with Crippen molar-refractivity contribution in [2.75, 3.05) is 13.2 Å². The summed E-state index contributed by atoms with van der Waals surface area (Å²) in [5.74, 6) is -1.92. The molecule has 2 heterocycles. The number of nitrogens with zero attached hydrogens (tertiary/aromatic N) is 2. The third kappa shape index (κ3) is 6.12. The van der Waals surface area contributed by atoms with Crippen LogP contribution in [0.1, 0.15) is 37.3 Å². The molecule has 0 radical (unpaired) electrons. The number of hydrogen-bond donors (Lipinski definition) is 1. The van der Waals surface area contributed by atoms with E-state index in [0.717, 1.165) is 5.56 Å². The van der Waals surface area contributed by atoms with Gasteiger partial charge in [-0.1, -0.05) is 29.8 Å². The number of dihydropyridines is 1. The first kappa shape index (κ1) is 24.7. The Hall–Kier alpha value is -3.89. The van der Waals surface area contributed by atoms with E-state index in [4.69, 9.17) is 26.3 Å². The number of benzene rings is 1. The maximum absolute atomic E-state index is 13.2. The second-order valence-corrected chi connectivity index (χ2v) is 7.95. The van der Waals surface area contributed by atoms with Crippen LogP contribution in [0.5, 0.6) is 0 Å². The number of rotatable bonds is 8. The molecule has 1 aromatic carbocycles. The number of carbonyl (C=O) groups is 2. The molecule has 1 aliphatic rings. The minimum Gasteiger partial charge on any atom is -0.461 e. The normalized spacial score (nSPS) is 15.6. The Kier molecular flexibility index (Phi) is 8.60. The van der Waals surface area contributed by atoms with Gasteiger partial charge < -0.3 is 14.8 Å². The molecule has 2 aromatic rings. The van der Waals surface area contributed by atoms with E-state index in [9.17, 15) is 9.59 Å². The molecule has 7 nitrogen and oxygen atoms in total. The van der Waals surface area contributed by atoms with Crippen molar-refractivity contribution < 1.29 is 19.1 Å². The zero-order chi connectivity index (χ0) is 24.5. The summed E-state index contributed by atoms with van der Waals surface area (Å²) in [6, 6.07) is 12.6. The van der Waals surface area contributed by atoms with Crippen molar-refractivity contribution in [3.63, 3.8) is 0 Å². The number of nitrogens with one attached hydrogen (secondary N) is 1. The minimum absolute atomic E-state index is 0.0450. The maximum atomic E-state index is 13.2. The molecule has 0 aliphatic carbocycles. The van der Waals surface area contributed by atoms with Crippen LogP contribution in [0.15, 0.2) is 77.4 Å². The van der Waals surface area contributed by atoms with Crippen LogP contribution in [0.3, 0.4) is 0 Å². The Bertz CT molecular complexity index is 1200. The van der Waals surface area contributed by atoms with Gasteiger partial charge >= 0.3 is 11.9 Å². The minimum atomic E-state index is -0.744. The fourth-order valence-corrected chi connectivity index (χ4v) is 3.88. The van der Waals surface area contributed by atoms with E-state index in [0.29, 0.717) is 22.0 Å². The monoisotopic (exact) mass is 477 g/mol. The third-order valence-electron chi connectivity index (χ3n) is 5.16.